The highest BCUT2D eigenvalue weighted by molar-refractivity contribution is 7.99. The number of rotatable bonds is 5. The SMILES string of the molecule is CCSC1CCC(N(C)CC(C)N)C1.Cl. The molecule has 0 bridgehead atoms. The van der Waals surface area contributed by atoms with Crippen LogP contribution in [0.5, 0.6) is 0 Å². The Labute approximate surface area is 105 Å². The molecule has 1 rings (SSSR count). The fourth-order valence-electron chi connectivity index (χ4n) is 2.31. The molecule has 1 aliphatic carbocycles. The van der Waals surface area contributed by atoms with Crippen molar-refractivity contribution in [2.45, 2.75) is 50.4 Å². The Morgan fingerprint density at radius 2 is 2.13 bits per heavy atom. The molecule has 0 aromatic heterocycles. The van der Waals surface area contributed by atoms with Crippen LogP contribution in [-0.4, -0.2) is 41.6 Å². The summed E-state index contributed by atoms with van der Waals surface area (Å²) in [6, 6.07) is 1.09. The summed E-state index contributed by atoms with van der Waals surface area (Å²) in [5, 5.41) is 0.903. The topological polar surface area (TPSA) is 29.3 Å². The van der Waals surface area contributed by atoms with E-state index in [0.29, 0.717) is 6.04 Å². The number of halogens is 1. The molecule has 0 aromatic carbocycles. The molecule has 3 atom stereocenters. The highest BCUT2D eigenvalue weighted by Crippen LogP contribution is 2.31. The quantitative estimate of drug-likeness (QED) is 0.815. The lowest BCUT2D eigenvalue weighted by molar-refractivity contribution is 0.235. The molecule has 1 saturated carbocycles. The van der Waals surface area contributed by atoms with Crippen LogP contribution in [0, 0.1) is 0 Å². The molecule has 1 aliphatic rings. The predicted molar refractivity (Wildman–Crippen MR) is 73.1 cm³/mol. The van der Waals surface area contributed by atoms with E-state index in [-0.39, 0.29) is 12.4 Å². The Balaban J connectivity index is 0.00000196. The number of likely N-dealkylation sites (N-methyl/N-ethyl adjacent to an activating group) is 1. The summed E-state index contributed by atoms with van der Waals surface area (Å²) in [5.41, 5.74) is 5.81. The van der Waals surface area contributed by atoms with Crippen molar-refractivity contribution in [1.82, 2.24) is 4.90 Å². The van der Waals surface area contributed by atoms with Gasteiger partial charge in [-0.15, -0.1) is 12.4 Å². The van der Waals surface area contributed by atoms with Crippen molar-refractivity contribution in [2.24, 2.45) is 5.73 Å². The Kier molecular flexibility index (Phi) is 8.06. The summed E-state index contributed by atoms with van der Waals surface area (Å²) in [6.45, 7) is 5.38. The van der Waals surface area contributed by atoms with Gasteiger partial charge >= 0.3 is 0 Å². The van der Waals surface area contributed by atoms with E-state index < -0.39 is 0 Å². The first-order valence-electron chi connectivity index (χ1n) is 5.71. The van der Waals surface area contributed by atoms with Crippen LogP contribution in [0.4, 0.5) is 0 Å². The smallest absolute Gasteiger partial charge is 0.0139 e. The van der Waals surface area contributed by atoms with E-state index in [4.69, 9.17) is 5.73 Å². The summed E-state index contributed by atoms with van der Waals surface area (Å²) in [4.78, 5) is 2.45. The molecule has 0 spiro atoms. The molecule has 3 unspecified atom stereocenters. The first-order chi connectivity index (χ1) is 6.63. The van der Waals surface area contributed by atoms with Crippen molar-refractivity contribution in [3.8, 4) is 0 Å². The molecule has 0 saturated heterocycles. The van der Waals surface area contributed by atoms with Crippen molar-refractivity contribution >= 4 is 24.2 Å². The van der Waals surface area contributed by atoms with Crippen molar-refractivity contribution in [3.63, 3.8) is 0 Å². The minimum Gasteiger partial charge on any atom is -0.327 e. The van der Waals surface area contributed by atoms with Crippen molar-refractivity contribution in [2.75, 3.05) is 19.3 Å². The molecule has 1 fully saturated rings. The molecule has 92 valence electrons. The fourth-order valence-corrected chi connectivity index (χ4v) is 3.44. The minimum atomic E-state index is 0. The van der Waals surface area contributed by atoms with Crippen LogP contribution >= 0.6 is 24.2 Å². The molecular formula is C11H25ClN2S. The number of nitrogens with zero attached hydrogens (tertiary/aromatic N) is 1. The van der Waals surface area contributed by atoms with Gasteiger partial charge in [0.15, 0.2) is 0 Å². The van der Waals surface area contributed by atoms with Crippen LogP contribution in [0.25, 0.3) is 0 Å². The summed E-state index contributed by atoms with van der Waals surface area (Å²) in [7, 11) is 2.22. The first-order valence-corrected chi connectivity index (χ1v) is 6.75. The van der Waals surface area contributed by atoms with Crippen LogP contribution in [0.2, 0.25) is 0 Å². The average Bonchev–Trinajstić information content (AvgIpc) is 2.52. The maximum Gasteiger partial charge on any atom is 0.0139 e. The minimum absolute atomic E-state index is 0. The molecule has 0 aliphatic heterocycles. The lowest BCUT2D eigenvalue weighted by Gasteiger charge is -2.25. The van der Waals surface area contributed by atoms with Crippen LogP contribution in [-0.2, 0) is 0 Å². The van der Waals surface area contributed by atoms with Crippen LogP contribution in [0.3, 0.4) is 0 Å². The first kappa shape index (κ1) is 15.6. The van der Waals surface area contributed by atoms with Gasteiger partial charge in [0.05, 0.1) is 0 Å². The molecule has 0 aromatic rings. The lowest BCUT2D eigenvalue weighted by Crippen LogP contribution is -2.38. The second kappa shape index (κ2) is 7.77. The van der Waals surface area contributed by atoms with Crippen molar-refractivity contribution in [1.29, 1.82) is 0 Å². The molecule has 4 heteroatoms. The number of thioether (sulfide) groups is 1. The van der Waals surface area contributed by atoms with Gasteiger partial charge in [0.1, 0.15) is 0 Å². The van der Waals surface area contributed by atoms with Crippen molar-refractivity contribution in [3.05, 3.63) is 0 Å². The third-order valence-electron chi connectivity index (χ3n) is 2.96. The highest BCUT2D eigenvalue weighted by Gasteiger charge is 2.27. The summed E-state index contributed by atoms with van der Waals surface area (Å²) in [5.74, 6) is 1.26. The Hall–Kier alpha value is 0.560. The summed E-state index contributed by atoms with van der Waals surface area (Å²) in [6.07, 6.45) is 4.12. The van der Waals surface area contributed by atoms with E-state index >= 15 is 0 Å². The van der Waals surface area contributed by atoms with Gasteiger partial charge in [-0.25, -0.2) is 0 Å². The highest BCUT2D eigenvalue weighted by atomic mass is 35.5. The molecule has 15 heavy (non-hydrogen) atoms. The zero-order valence-electron chi connectivity index (χ0n) is 10.1. The van der Waals surface area contributed by atoms with Gasteiger partial charge in [0, 0.05) is 23.9 Å². The van der Waals surface area contributed by atoms with Gasteiger partial charge in [-0.3, -0.25) is 0 Å². The Bertz CT molecular complexity index is 167. The van der Waals surface area contributed by atoms with Gasteiger partial charge < -0.3 is 10.6 Å². The van der Waals surface area contributed by atoms with Crippen LogP contribution in [0.15, 0.2) is 0 Å². The molecular weight excluding hydrogens is 228 g/mol. The second-order valence-electron chi connectivity index (χ2n) is 4.46. The van der Waals surface area contributed by atoms with Crippen LogP contribution < -0.4 is 5.73 Å². The normalized spacial score (nSPS) is 27.8. The Morgan fingerprint density at radius 1 is 1.47 bits per heavy atom. The summed E-state index contributed by atoms with van der Waals surface area (Å²) < 4.78 is 0. The lowest BCUT2D eigenvalue weighted by atomic mass is 10.2. The van der Waals surface area contributed by atoms with E-state index in [9.17, 15) is 0 Å². The van der Waals surface area contributed by atoms with Gasteiger partial charge in [0.25, 0.3) is 0 Å². The largest absolute Gasteiger partial charge is 0.327 e. The van der Waals surface area contributed by atoms with E-state index in [1.165, 1.54) is 25.0 Å². The average molecular weight is 253 g/mol. The Morgan fingerprint density at radius 3 is 2.67 bits per heavy atom. The van der Waals surface area contributed by atoms with E-state index in [1.54, 1.807) is 0 Å². The fraction of sp³-hybridized carbons (Fsp3) is 1.00. The monoisotopic (exact) mass is 252 g/mol. The van der Waals surface area contributed by atoms with Crippen LogP contribution in [0.1, 0.15) is 33.1 Å². The second-order valence-corrected chi connectivity index (χ2v) is 6.04. The summed E-state index contributed by atoms with van der Waals surface area (Å²) >= 11 is 2.12. The van der Waals surface area contributed by atoms with Gasteiger partial charge in [0.2, 0.25) is 0 Å². The predicted octanol–water partition coefficient (Wildman–Crippen LogP) is 2.36. The standard InChI is InChI=1S/C11H24N2S.ClH/c1-4-14-11-6-5-10(7-11)13(3)8-9(2)12;/h9-11H,4-8,12H2,1-3H3;1H. The zero-order valence-corrected chi connectivity index (χ0v) is 11.7. The third kappa shape index (κ3) is 5.43. The van der Waals surface area contributed by atoms with Gasteiger partial charge in [-0.1, -0.05) is 6.92 Å². The van der Waals surface area contributed by atoms with E-state index in [2.05, 4.69) is 37.6 Å². The maximum atomic E-state index is 5.81. The third-order valence-corrected chi connectivity index (χ3v) is 4.19. The molecule has 0 heterocycles. The number of nitrogens with two attached hydrogens (primary N) is 1. The molecule has 2 nitrogen and oxygen atoms in total. The van der Waals surface area contributed by atoms with Gasteiger partial charge in [-0.2, -0.15) is 11.8 Å². The molecule has 0 amide bonds. The van der Waals surface area contributed by atoms with Gasteiger partial charge in [-0.05, 0) is 39.0 Å². The number of hydrogen-bond donors (Lipinski definition) is 1. The van der Waals surface area contributed by atoms with Crippen molar-refractivity contribution < 1.29 is 0 Å². The van der Waals surface area contributed by atoms with E-state index in [0.717, 1.165) is 17.8 Å². The number of hydrogen-bond acceptors (Lipinski definition) is 3. The zero-order chi connectivity index (χ0) is 10.6. The molecule has 2 N–H and O–H groups in total. The maximum absolute atomic E-state index is 5.81. The van der Waals surface area contributed by atoms with E-state index in [1.807, 2.05) is 0 Å². The molecule has 0 radical (unpaired) electrons.